The maximum absolute atomic E-state index is 17.2. The van der Waals surface area contributed by atoms with Gasteiger partial charge in [-0.3, -0.25) is 0 Å². The zero-order valence-electron chi connectivity index (χ0n) is 18.8. The van der Waals surface area contributed by atoms with Gasteiger partial charge in [-0.15, -0.1) is 0 Å². The summed E-state index contributed by atoms with van der Waals surface area (Å²) in [6, 6.07) is 19.4. The number of halogens is 1. The van der Waals surface area contributed by atoms with E-state index < -0.39 is 52.8 Å². The second kappa shape index (κ2) is 9.28. The molecule has 0 fully saturated rings. The van der Waals surface area contributed by atoms with Crippen molar-refractivity contribution < 1.29 is 30.8 Å². The van der Waals surface area contributed by atoms with Crippen LogP contribution in [0.2, 0.25) is 0 Å². The average Bonchev–Trinajstić information content (AvgIpc) is 2.79. The SMILES string of the molecule is CC(C)(C)OC(=O)C(F)(c1ccccc1)N(S(=O)(=O)c1ccccc1)S(=O)(=O)c1ccccc1. The van der Waals surface area contributed by atoms with E-state index in [1.165, 1.54) is 75.4 Å². The molecular weight excluding hydrogens is 481 g/mol. The van der Waals surface area contributed by atoms with Crippen molar-refractivity contribution in [3.05, 3.63) is 96.6 Å². The fourth-order valence-corrected chi connectivity index (χ4v) is 7.10. The first-order valence-electron chi connectivity index (χ1n) is 10.2. The molecule has 0 saturated heterocycles. The molecular formula is C24H24FNO6S2. The first-order valence-corrected chi connectivity index (χ1v) is 13.1. The number of sulfonamides is 2. The van der Waals surface area contributed by atoms with Crippen LogP contribution in [0.3, 0.4) is 0 Å². The fraction of sp³-hybridized carbons (Fsp3) is 0.208. The van der Waals surface area contributed by atoms with Gasteiger partial charge in [0.1, 0.15) is 5.60 Å². The maximum Gasteiger partial charge on any atom is 0.367 e. The number of hydrogen-bond acceptors (Lipinski definition) is 6. The van der Waals surface area contributed by atoms with E-state index in [4.69, 9.17) is 4.74 Å². The summed E-state index contributed by atoms with van der Waals surface area (Å²) in [7, 11) is -10.3. The van der Waals surface area contributed by atoms with Crippen molar-refractivity contribution in [2.24, 2.45) is 0 Å². The van der Waals surface area contributed by atoms with Crippen LogP contribution in [0.4, 0.5) is 4.39 Å². The molecule has 10 heteroatoms. The van der Waals surface area contributed by atoms with E-state index in [-0.39, 0.29) is 3.71 Å². The molecule has 0 heterocycles. The van der Waals surface area contributed by atoms with Gasteiger partial charge in [-0.25, -0.2) is 26.0 Å². The third-order valence-electron chi connectivity index (χ3n) is 4.60. The lowest BCUT2D eigenvalue weighted by atomic mass is 10.1. The molecule has 0 spiro atoms. The maximum atomic E-state index is 17.2. The highest BCUT2D eigenvalue weighted by Crippen LogP contribution is 2.41. The van der Waals surface area contributed by atoms with Gasteiger partial charge in [0.2, 0.25) is 0 Å². The predicted octanol–water partition coefficient (Wildman–Crippen LogP) is 4.23. The van der Waals surface area contributed by atoms with Crippen molar-refractivity contribution in [3.8, 4) is 0 Å². The number of benzene rings is 3. The molecule has 180 valence electrons. The number of ether oxygens (including phenoxy) is 1. The highest BCUT2D eigenvalue weighted by molar-refractivity contribution is 8.04. The first-order chi connectivity index (χ1) is 15.8. The van der Waals surface area contributed by atoms with Crippen molar-refractivity contribution in [3.63, 3.8) is 0 Å². The van der Waals surface area contributed by atoms with Gasteiger partial charge in [-0.2, -0.15) is 0 Å². The molecule has 0 bridgehead atoms. The predicted molar refractivity (Wildman–Crippen MR) is 124 cm³/mol. The molecule has 7 nitrogen and oxygen atoms in total. The number of rotatable bonds is 7. The summed E-state index contributed by atoms with van der Waals surface area (Å²) in [5.74, 6) is -5.44. The Bertz CT molecular complexity index is 1290. The van der Waals surface area contributed by atoms with Crippen molar-refractivity contribution >= 4 is 26.0 Å². The summed E-state index contributed by atoms with van der Waals surface area (Å²) in [6.07, 6.45) is 0. The largest absolute Gasteiger partial charge is 0.456 e. The van der Waals surface area contributed by atoms with Crippen LogP contribution in [-0.4, -0.2) is 32.1 Å². The van der Waals surface area contributed by atoms with E-state index in [9.17, 15) is 21.6 Å². The second-order valence-corrected chi connectivity index (χ2v) is 12.1. The van der Waals surface area contributed by atoms with E-state index in [1.54, 1.807) is 0 Å². The molecule has 0 radical (unpaired) electrons. The smallest absolute Gasteiger partial charge is 0.367 e. The van der Waals surface area contributed by atoms with Gasteiger partial charge in [0, 0.05) is 5.56 Å². The molecule has 3 aromatic carbocycles. The van der Waals surface area contributed by atoms with Crippen LogP contribution in [0.15, 0.2) is 101 Å². The van der Waals surface area contributed by atoms with Crippen LogP contribution in [0.1, 0.15) is 26.3 Å². The van der Waals surface area contributed by atoms with Crippen molar-refractivity contribution in [1.82, 2.24) is 3.71 Å². The van der Waals surface area contributed by atoms with Crippen molar-refractivity contribution in [1.29, 1.82) is 0 Å². The third kappa shape index (κ3) is 4.89. The molecule has 3 aromatic rings. The van der Waals surface area contributed by atoms with E-state index >= 15 is 4.39 Å². The number of hydrogen-bond donors (Lipinski definition) is 0. The molecule has 1 unspecified atom stereocenters. The van der Waals surface area contributed by atoms with Gasteiger partial charge in [0.15, 0.2) is 0 Å². The van der Waals surface area contributed by atoms with Crippen LogP contribution in [0, 0.1) is 0 Å². The number of carbonyl (C=O) groups excluding carboxylic acids is 1. The molecule has 0 aliphatic carbocycles. The topological polar surface area (TPSA) is 97.8 Å². The summed E-state index contributed by atoms with van der Waals surface area (Å²) in [5, 5.41) is 0. The van der Waals surface area contributed by atoms with Gasteiger partial charge in [-0.1, -0.05) is 66.7 Å². The van der Waals surface area contributed by atoms with E-state index in [0.717, 1.165) is 36.4 Å². The minimum absolute atomic E-state index is 0.388. The van der Waals surface area contributed by atoms with Crippen molar-refractivity contribution in [2.75, 3.05) is 0 Å². The summed E-state index contributed by atoms with van der Waals surface area (Å²) in [5.41, 5.74) is -1.77. The Kier molecular flexibility index (Phi) is 6.97. The highest BCUT2D eigenvalue weighted by atomic mass is 32.3. The number of esters is 1. The minimum Gasteiger partial charge on any atom is -0.456 e. The molecule has 3 rings (SSSR count). The Morgan fingerprint density at radius 3 is 1.41 bits per heavy atom. The molecule has 0 saturated carbocycles. The summed E-state index contributed by atoms with van der Waals surface area (Å²) < 4.78 is 77.0. The third-order valence-corrected chi connectivity index (χ3v) is 8.89. The van der Waals surface area contributed by atoms with Crippen LogP contribution < -0.4 is 0 Å². The second-order valence-electron chi connectivity index (χ2n) is 8.32. The van der Waals surface area contributed by atoms with E-state index in [2.05, 4.69) is 0 Å². The standard InChI is InChI=1S/C24H24FNO6S2/c1-23(2,3)32-22(27)24(25,19-13-7-4-8-14-19)26(33(28,29)20-15-9-5-10-16-20)34(30,31)21-17-11-6-12-18-21/h4-18H,1-3H3. The van der Waals surface area contributed by atoms with Crippen LogP contribution in [0.25, 0.3) is 0 Å². The number of carbonyl (C=O) groups is 1. The normalized spacial score (nSPS) is 14.4. The molecule has 0 aromatic heterocycles. The van der Waals surface area contributed by atoms with Gasteiger partial charge in [0.25, 0.3) is 20.0 Å². The first kappa shape index (κ1) is 25.5. The zero-order chi connectivity index (χ0) is 25.2. The molecule has 0 aliphatic rings. The van der Waals surface area contributed by atoms with Gasteiger partial charge < -0.3 is 4.74 Å². The molecule has 1 atom stereocenters. The lowest BCUT2D eigenvalue weighted by Gasteiger charge is -2.35. The molecule has 0 N–H and O–H groups in total. The van der Waals surface area contributed by atoms with Crippen LogP contribution >= 0.6 is 0 Å². The Morgan fingerprint density at radius 1 is 0.706 bits per heavy atom. The minimum atomic E-state index is -5.14. The lowest BCUT2D eigenvalue weighted by Crippen LogP contribution is -2.55. The van der Waals surface area contributed by atoms with E-state index in [0.29, 0.717) is 0 Å². The zero-order valence-corrected chi connectivity index (χ0v) is 20.4. The highest BCUT2D eigenvalue weighted by Gasteiger charge is 2.60. The Hall–Kier alpha value is -3.08. The van der Waals surface area contributed by atoms with Gasteiger partial charge >= 0.3 is 11.8 Å². The lowest BCUT2D eigenvalue weighted by molar-refractivity contribution is -0.176. The van der Waals surface area contributed by atoms with Crippen molar-refractivity contribution in [2.45, 2.75) is 42.0 Å². The Balaban J connectivity index is 2.42. The Labute approximate surface area is 198 Å². The van der Waals surface area contributed by atoms with Gasteiger partial charge in [-0.05, 0) is 48.7 Å². The number of nitrogens with zero attached hydrogens (tertiary/aromatic N) is 1. The van der Waals surface area contributed by atoms with Gasteiger partial charge in [0.05, 0.1) is 9.79 Å². The monoisotopic (exact) mass is 505 g/mol. The number of alkyl halides is 1. The molecule has 0 aliphatic heterocycles. The Morgan fingerprint density at radius 2 is 1.06 bits per heavy atom. The molecule has 0 amide bonds. The summed E-state index contributed by atoms with van der Waals surface area (Å²) in [6.45, 7) is 4.37. The summed E-state index contributed by atoms with van der Waals surface area (Å²) >= 11 is 0. The van der Waals surface area contributed by atoms with Crippen LogP contribution in [0.5, 0.6) is 0 Å². The summed E-state index contributed by atoms with van der Waals surface area (Å²) in [4.78, 5) is 12.3. The fourth-order valence-electron chi connectivity index (χ4n) is 3.14. The quantitative estimate of drug-likeness (QED) is 0.352. The van der Waals surface area contributed by atoms with Crippen LogP contribution in [-0.2, 0) is 35.4 Å². The average molecular weight is 506 g/mol. The molecule has 34 heavy (non-hydrogen) atoms. The van der Waals surface area contributed by atoms with E-state index in [1.807, 2.05) is 0 Å².